The summed E-state index contributed by atoms with van der Waals surface area (Å²) in [5, 5.41) is 10.9. The number of hydrogen-bond donors (Lipinski definition) is 1. The van der Waals surface area contributed by atoms with Gasteiger partial charge in [-0.25, -0.2) is 17.5 Å². The van der Waals surface area contributed by atoms with Crippen LogP contribution in [0.15, 0.2) is 47.4 Å². The average Bonchev–Trinajstić information content (AvgIpc) is 2.67. The fourth-order valence-electron chi connectivity index (χ4n) is 3.46. The molecule has 3 rings (SSSR count). The molecule has 0 bridgehead atoms. The van der Waals surface area contributed by atoms with Crippen LogP contribution in [0.5, 0.6) is 0 Å². The van der Waals surface area contributed by atoms with E-state index >= 15 is 0 Å². The molecule has 0 amide bonds. The second-order valence-electron chi connectivity index (χ2n) is 6.93. The maximum Gasteiger partial charge on any atom is 0.272 e. The van der Waals surface area contributed by atoms with Crippen LogP contribution in [0.3, 0.4) is 0 Å². The van der Waals surface area contributed by atoms with E-state index in [1.807, 2.05) is 0 Å². The minimum atomic E-state index is -3.89. The van der Waals surface area contributed by atoms with Gasteiger partial charge < -0.3 is 4.74 Å². The van der Waals surface area contributed by atoms with Gasteiger partial charge in [-0.2, -0.15) is 0 Å². The number of ether oxygens (including phenoxy) is 1. The highest BCUT2D eigenvalue weighted by molar-refractivity contribution is 7.89. The molecule has 0 radical (unpaired) electrons. The van der Waals surface area contributed by atoms with E-state index in [1.165, 1.54) is 37.3 Å². The molecule has 0 atom stereocenters. The summed E-state index contributed by atoms with van der Waals surface area (Å²) >= 11 is 0. The number of rotatable bonds is 6. The fourth-order valence-corrected chi connectivity index (χ4v) is 4.68. The number of nitrogens with one attached hydrogen (secondary N) is 1. The molecule has 0 aromatic heterocycles. The summed E-state index contributed by atoms with van der Waals surface area (Å²) in [6.45, 7) is 2.48. The molecule has 2 aromatic carbocycles. The molecule has 0 aliphatic carbocycles. The van der Waals surface area contributed by atoms with E-state index < -0.39 is 20.4 Å². The summed E-state index contributed by atoms with van der Waals surface area (Å²) in [6.07, 6.45) is 1.11. The van der Waals surface area contributed by atoms with E-state index in [-0.39, 0.29) is 28.5 Å². The van der Waals surface area contributed by atoms with Crippen LogP contribution < -0.4 is 4.72 Å². The topological polar surface area (TPSA) is 98.5 Å². The van der Waals surface area contributed by atoms with E-state index in [0.717, 1.165) is 5.56 Å². The van der Waals surface area contributed by atoms with E-state index in [4.69, 9.17) is 4.74 Å². The van der Waals surface area contributed by atoms with Crippen molar-refractivity contribution in [3.63, 3.8) is 0 Å². The molecule has 1 aliphatic heterocycles. The van der Waals surface area contributed by atoms with E-state index in [9.17, 15) is 22.9 Å². The Hall–Kier alpha value is -2.36. The molecule has 1 heterocycles. The Kier molecular flexibility index (Phi) is 5.78. The number of nitro benzene ring substituents is 1. The summed E-state index contributed by atoms with van der Waals surface area (Å²) in [5.41, 5.74) is 0.264. The lowest BCUT2D eigenvalue weighted by molar-refractivity contribution is -0.385. The third-order valence-corrected chi connectivity index (χ3v) is 6.56. The van der Waals surface area contributed by atoms with Gasteiger partial charge in [0.15, 0.2) is 0 Å². The zero-order valence-corrected chi connectivity index (χ0v) is 16.2. The lowest BCUT2D eigenvalue weighted by atomic mass is 9.74. The van der Waals surface area contributed by atoms with Gasteiger partial charge in [0.05, 0.1) is 9.82 Å². The highest BCUT2D eigenvalue weighted by atomic mass is 32.2. The maximum atomic E-state index is 13.8. The van der Waals surface area contributed by atoms with Gasteiger partial charge in [0.2, 0.25) is 10.0 Å². The minimum absolute atomic E-state index is 0.0444. The summed E-state index contributed by atoms with van der Waals surface area (Å²) in [5.74, 6) is -0.378. The summed E-state index contributed by atoms with van der Waals surface area (Å²) in [4.78, 5) is 10.3. The zero-order valence-electron chi connectivity index (χ0n) is 15.4. The molecule has 0 spiro atoms. The number of hydrogen-bond acceptors (Lipinski definition) is 5. The predicted octanol–water partition coefficient (Wildman–Crippen LogP) is 3.07. The van der Waals surface area contributed by atoms with Gasteiger partial charge in [0.25, 0.3) is 5.69 Å². The third-order valence-electron chi connectivity index (χ3n) is 5.16. The van der Waals surface area contributed by atoms with Crippen LogP contribution in [0.2, 0.25) is 0 Å². The predicted molar refractivity (Wildman–Crippen MR) is 101 cm³/mol. The molecule has 7 nitrogen and oxygen atoms in total. The Morgan fingerprint density at radius 2 is 1.93 bits per heavy atom. The lowest BCUT2D eigenvalue weighted by Crippen LogP contribution is -2.44. The van der Waals surface area contributed by atoms with Crippen molar-refractivity contribution < 1.29 is 22.5 Å². The molecule has 1 aliphatic rings. The molecule has 1 saturated heterocycles. The number of nitro groups is 1. The van der Waals surface area contributed by atoms with Crippen molar-refractivity contribution in [3.8, 4) is 0 Å². The van der Waals surface area contributed by atoms with Crippen LogP contribution in [0.1, 0.15) is 24.0 Å². The summed E-state index contributed by atoms with van der Waals surface area (Å²) in [6, 6.07) is 9.84. The first-order valence-corrected chi connectivity index (χ1v) is 10.3. The van der Waals surface area contributed by atoms with Crippen LogP contribution in [0.25, 0.3) is 0 Å². The number of nitrogens with zero attached hydrogens (tertiary/aromatic N) is 1. The monoisotopic (exact) mass is 408 g/mol. The van der Waals surface area contributed by atoms with Crippen molar-refractivity contribution in [2.75, 3.05) is 19.8 Å². The first kappa shape index (κ1) is 20.4. The largest absolute Gasteiger partial charge is 0.381 e. The molecule has 0 saturated carbocycles. The van der Waals surface area contributed by atoms with Crippen LogP contribution in [-0.2, 0) is 20.2 Å². The number of sulfonamides is 1. The fraction of sp³-hybridized carbons (Fsp3) is 0.368. The van der Waals surface area contributed by atoms with Gasteiger partial charge in [0.1, 0.15) is 5.82 Å². The summed E-state index contributed by atoms with van der Waals surface area (Å²) in [7, 11) is -3.89. The van der Waals surface area contributed by atoms with Gasteiger partial charge in [-0.1, -0.05) is 12.1 Å². The first-order chi connectivity index (χ1) is 13.2. The van der Waals surface area contributed by atoms with Crippen LogP contribution in [0, 0.1) is 22.9 Å². The van der Waals surface area contributed by atoms with E-state index in [1.54, 1.807) is 12.1 Å². The normalized spacial score (nSPS) is 16.6. The third kappa shape index (κ3) is 4.21. The second kappa shape index (κ2) is 7.94. The standard InChI is InChI=1S/C19H21FN2O5S/c1-14-11-17(5-6-18(14)22(23)24)28(25,26)21-13-19(7-9-27-10-8-19)15-3-2-4-16(20)12-15/h2-6,11-12,21H,7-10,13H2,1H3. The van der Waals surface area contributed by atoms with Crippen molar-refractivity contribution in [2.45, 2.75) is 30.1 Å². The Labute approximate surface area is 162 Å². The first-order valence-electron chi connectivity index (χ1n) is 8.82. The molecule has 1 fully saturated rings. The average molecular weight is 408 g/mol. The smallest absolute Gasteiger partial charge is 0.272 e. The lowest BCUT2D eigenvalue weighted by Gasteiger charge is -2.37. The molecule has 0 unspecified atom stereocenters. The van der Waals surface area contributed by atoms with Crippen LogP contribution in [-0.4, -0.2) is 33.1 Å². The Morgan fingerprint density at radius 1 is 1.21 bits per heavy atom. The molecular formula is C19H21FN2O5S. The maximum absolute atomic E-state index is 13.8. The molecule has 2 aromatic rings. The highest BCUT2D eigenvalue weighted by Gasteiger charge is 2.36. The van der Waals surface area contributed by atoms with Crippen molar-refractivity contribution in [1.82, 2.24) is 4.72 Å². The number of halogens is 1. The summed E-state index contributed by atoms with van der Waals surface area (Å²) < 4.78 is 47.3. The Morgan fingerprint density at radius 3 is 2.54 bits per heavy atom. The van der Waals surface area contributed by atoms with Gasteiger partial charge in [-0.05, 0) is 49.6 Å². The molecular weight excluding hydrogens is 387 g/mol. The van der Waals surface area contributed by atoms with Crippen molar-refractivity contribution in [1.29, 1.82) is 0 Å². The number of benzene rings is 2. The minimum Gasteiger partial charge on any atom is -0.381 e. The molecule has 1 N–H and O–H groups in total. The second-order valence-corrected chi connectivity index (χ2v) is 8.70. The Bertz CT molecular complexity index is 988. The SMILES string of the molecule is Cc1cc(S(=O)(=O)NCC2(c3cccc(F)c3)CCOCC2)ccc1[N+](=O)[O-]. The molecule has 9 heteroatoms. The van der Waals surface area contributed by atoms with E-state index in [2.05, 4.69) is 4.72 Å². The van der Waals surface area contributed by atoms with Crippen molar-refractivity contribution in [2.24, 2.45) is 0 Å². The highest BCUT2D eigenvalue weighted by Crippen LogP contribution is 2.35. The van der Waals surface area contributed by atoms with Crippen molar-refractivity contribution in [3.05, 3.63) is 69.5 Å². The van der Waals surface area contributed by atoms with Gasteiger partial charge in [-0.3, -0.25) is 10.1 Å². The van der Waals surface area contributed by atoms with E-state index in [0.29, 0.717) is 26.1 Å². The van der Waals surface area contributed by atoms with Crippen molar-refractivity contribution >= 4 is 15.7 Å². The molecule has 28 heavy (non-hydrogen) atoms. The number of aryl methyl sites for hydroxylation is 1. The quantitative estimate of drug-likeness (QED) is 0.585. The van der Waals surface area contributed by atoms with Crippen LogP contribution >= 0.6 is 0 Å². The Balaban J connectivity index is 1.86. The van der Waals surface area contributed by atoms with Gasteiger partial charge in [-0.15, -0.1) is 0 Å². The van der Waals surface area contributed by atoms with Gasteiger partial charge >= 0.3 is 0 Å². The van der Waals surface area contributed by atoms with Gasteiger partial charge in [0, 0.05) is 36.8 Å². The zero-order chi connectivity index (χ0) is 20.4. The molecule has 150 valence electrons. The van der Waals surface area contributed by atoms with Crippen LogP contribution in [0.4, 0.5) is 10.1 Å².